The Hall–Kier alpha value is -3.05. The summed E-state index contributed by atoms with van der Waals surface area (Å²) in [7, 11) is 3.17. The van der Waals surface area contributed by atoms with Gasteiger partial charge in [0.25, 0.3) is 5.56 Å². The first kappa shape index (κ1) is 21.7. The Bertz CT molecular complexity index is 1140. The minimum Gasteiger partial charge on any atom is -0.496 e. The molecule has 0 aliphatic heterocycles. The molecule has 3 rings (SSSR count). The second-order valence-corrected chi connectivity index (χ2v) is 7.55. The maximum absolute atomic E-state index is 13.0. The second-order valence-electron chi connectivity index (χ2n) is 7.11. The van der Waals surface area contributed by atoms with Crippen LogP contribution in [0.5, 0.6) is 11.5 Å². The van der Waals surface area contributed by atoms with Crippen LogP contribution >= 0.6 is 11.6 Å². The van der Waals surface area contributed by atoms with E-state index in [2.05, 4.69) is 0 Å². The van der Waals surface area contributed by atoms with Gasteiger partial charge in [-0.05, 0) is 55.7 Å². The number of ether oxygens (including phenoxy) is 2. The van der Waals surface area contributed by atoms with Gasteiger partial charge < -0.3 is 14.0 Å². The molecule has 1 aromatic heterocycles. The van der Waals surface area contributed by atoms with Crippen molar-refractivity contribution in [2.24, 2.45) is 0 Å². The molecule has 0 bridgehead atoms. The highest BCUT2D eigenvalue weighted by Gasteiger charge is 2.18. The molecule has 0 saturated heterocycles. The number of methoxy groups -OCH3 is 2. The fraction of sp³-hybridized carbons (Fsp3) is 0.250. The predicted octanol–water partition coefficient (Wildman–Crippen LogP) is 5.19. The van der Waals surface area contributed by atoms with Crippen LogP contribution in [0.2, 0.25) is 5.02 Å². The van der Waals surface area contributed by atoms with Crippen molar-refractivity contribution in [1.29, 1.82) is 0 Å². The first-order valence-electron chi connectivity index (χ1n) is 9.58. The number of carbonyl (C=O) groups excluding carboxylic acids is 1. The van der Waals surface area contributed by atoms with Crippen LogP contribution in [0.4, 0.5) is 0 Å². The Morgan fingerprint density at radius 3 is 2.40 bits per heavy atom. The molecule has 6 heteroatoms. The van der Waals surface area contributed by atoms with Crippen LogP contribution in [0, 0.1) is 0 Å². The number of para-hydroxylation sites is 1. The first-order valence-corrected chi connectivity index (χ1v) is 9.96. The SMILES string of the molecule is COc1ccccc1CC(C)n1cc(OC)c(-c2cc(Cl)ccc2C(C)=O)cc1=O. The van der Waals surface area contributed by atoms with Gasteiger partial charge in [0.1, 0.15) is 11.5 Å². The van der Waals surface area contributed by atoms with E-state index in [1.165, 1.54) is 20.1 Å². The molecular formula is C24H24ClNO4. The van der Waals surface area contributed by atoms with Crippen LogP contribution in [0.15, 0.2) is 59.5 Å². The summed E-state index contributed by atoms with van der Waals surface area (Å²) in [4.78, 5) is 25.1. The van der Waals surface area contributed by atoms with E-state index in [0.717, 1.165) is 11.3 Å². The van der Waals surface area contributed by atoms with E-state index in [1.807, 2.05) is 31.2 Å². The standard InChI is InChI=1S/C24H24ClNO4/c1-15(11-17-7-5-6-8-22(17)29-3)26-14-23(30-4)21(13-24(26)28)20-12-18(25)9-10-19(20)16(2)27/h5-10,12-15H,11H2,1-4H3. The molecule has 1 atom stereocenters. The molecule has 0 spiro atoms. The number of hydrogen-bond acceptors (Lipinski definition) is 4. The van der Waals surface area contributed by atoms with Crippen molar-refractivity contribution < 1.29 is 14.3 Å². The smallest absolute Gasteiger partial charge is 0.251 e. The largest absolute Gasteiger partial charge is 0.496 e. The van der Waals surface area contributed by atoms with Gasteiger partial charge >= 0.3 is 0 Å². The molecule has 0 amide bonds. The second kappa shape index (κ2) is 9.18. The van der Waals surface area contributed by atoms with Gasteiger partial charge in [0.15, 0.2) is 5.78 Å². The number of benzene rings is 2. The van der Waals surface area contributed by atoms with E-state index < -0.39 is 0 Å². The summed E-state index contributed by atoms with van der Waals surface area (Å²) in [6.07, 6.45) is 2.30. The third kappa shape index (κ3) is 4.41. The Morgan fingerprint density at radius 1 is 1.03 bits per heavy atom. The van der Waals surface area contributed by atoms with Gasteiger partial charge in [0.2, 0.25) is 0 Å². The molecule has 2 aromatic carbocycles. The number of rotatable bonds is 7. The average Bonchev–Trinajstić information content (AvgIpc) is 2.73. The Balaban J connectivity index is 2.06. The highest BCUT2D eigenvalue weighted by molar-refractivity contribution is 6.31. The number of ketones is 1. The predicted molar refractivity (Wildman–Crippen MR) is 119 cm³/mol. The van der Waals surface area contributed by atoms with Crippen molar-refractivity contribution in [3.8, 4) is 22.6 Å². The van der Waals surface area contributed by atoms with Crippen LogP contribution in [0.1, 0.15) is 35.8 Å². The molecule has 3 aromatic rings. The number of aromatic nitrogens is 1. The third-order valence-corrected chi connectivity index (χ3v) is 5.33. The van der Waals surface area contributed by atoms with Gasteiger partial charge in [0, 0.05) is 28.3 Å². The van der Waals surface area contributed by atoms with E-state index in [0.29, 0.717) is 33.9 Å². The van der Waals surface area contributed by atoms with Crippen molar-refractivity contribution in [3.05, 3.63) is 81.2 Å². The summed E-state index contributed by atoms with van der Waals surface area (Å²) < 4.78 is 12.6. The van der Waals surface area contributed by atoms with Gasteiger partial charge in [-0.25, -0.2) is 0 Å². The van der Waals surface area contributed by atoms with Gasteiger partial charge in [-0.1, -0.05) is 29.8 Å². The number of halogens is 1. The lowest BCUT2D eigenvalue weighted by molar-refractivity contribution is 0.101. The molecule has 0 N–H and O–H groups in total. The minimum absolute atomic E-state index is 0.113. The molecule has 0 fully saturated rings. The van der Waals surface area contributed by atoms with E-state index in [4.69, 9.17) is 21.1 Å². The number of pyridine rings is 1. The fourth-order valence-electron chi connectivity index (χ4n) is 3.58. The zero-order valence-electron chi connectivity index (χ0n) is 17.4. The van der Waals surface area contributed by atoms with E-state index >= 15 is 0 Å². The molecule has 156 valence electrons. The van der Waals surface area contributed by atoms with E-state index in [-0.39, 0.29) is 17.4 Å². The average molecular weight is 426 g/mol. The molecule has 0 aliphatic rings. The lowest BCUT2D eigenvalue weighted by Gasteiger charge is -2.20. The van der Waals surface area contributed by atoms with Gasteiger partial charge in [-0.3, -0.25) is 9.59 Å². The molecule has 0 aliphatic carbocycles. The number of nitrogens with zero attached hydrogens (tertiary/aromatic N) is 1. The minimum atomic E-state index is -0.192. The van der Waals surface area contributed by atoms with Crippen LogP contribution in [0.25, 0.3) is 11.1 Å². The zero-order chi connectivity index (χ0) is 21.8. The number of hydrogen-bond donors (Lipinski definition) is 0. The van der Waals surface area contributed by atoms with E-state index in [1.54, 1.807) is 36.1 Å². The maximum atomic E-state index is 13.0. The zero-order valence-corrected chi connectivity index (χ0v) is 18.2. The molecule has 0 radical (unpaired) electrons. The Labute approximate surface area is 180 Å². The quantitative estimate of drug-likeness (QED) is 0.488. The molecular weight excluding hydrogens is 402 g/mol. The van der Waals surface area contributed by atoms with Crippen molar-refractivity contribution >= 4 is 17.4 Å². The molecule has 0 saturated carbocycles. The highest BCUT2D eigenvalue weighted by Crippen LogP contribution is 2.34. The van der Waals surface area contributed by atoms with E-state index in [9.17, 15) is 9.59 Å². The maximum Gasteiger partial charge on any atom is 0.251 e. The van der Waals surface area contributed by atoms with Crippen molar-refractivity contribution in [1.82, 2.24) is 4.57 Å². The summed E-state index contributed by atoms with van der Waals surface area (Å²) >= 11 is 6.16. The van der Waals surface area contributed by atoms with Gasteiger partial charge in [-0.2, -0.15) is 0 Å². The summed E-state index contributed by atoms with van der Waals surface area (Å²) in [6.45, 7) is 3.45. The van der Waals surface area contributed by atoms with Crippen LogP contribution in [-0.4, -0.2) is 24.6 Å². The van der Waals surface area contributed by atoms with Crippen LogP contribution in [0.3, 0.4) is 0 Å². The molecule has 1 heterocycles. The number of Topliss-reactive ketones (excluding diaryl/α,β-unsaturated/α-hetero) is 1. The lowest BCUT2D eigenvalue weighted by Crippen LogP contribution is -2.24. The summed E-state index contributed by atoms with van der Waals surface area (Å²) in [5.74, 6) is 1.16. The molecule has 1 unspecified atom stereocenters. The van der Waals surface area contributed by atoms with Gasteiger partial charge in [0.05, 0.1) is 20.4 Å². The van der Waals surface area contributed by atoms with Crippen LogP contribution in [-0.2, 0) is 6.42 Å². The van der Waals surface area contributed by atoms with Crippen molar-refractivity contribution in [3.63, 3.8) is 0 Å². The van der Waals surface area contributed by atoms with Crippen molar-refractivity contribution in [2.75, 3.05) is 14.2 Å². The van der Waals surface area contributed by atoms with Crippen LogP contribution < -0.4 is 15.0 Å². The lowest BCUT2D eigenvalue weighted by atomic mass is 9.97. The summed E-state index contributed by atoms with van der Waals surface area (Å²) in [5.41, 5.74) is 2.42. The number of carbonyl (C=O) groups is 1. The van der Waals surface area contributed by atoms with Crippen molar-refractivity contribution in [2.45, 2.75) is 26.3 Å². The topological polar surface area (TPSA) is 57.5 Å². The monoisotopic (exact) mass is 425 g/mol. The molecule has 30 heavy (non-hydrogen) atoms. The highest BCUT2D eigenvalue weighted by atomic mass is 35.5. The summed E-state index contributed by atoms with van der Waals surface area (Å²) in [5, 5.41) is 0.478. The Morgan fingerprint density at radius 2 is 1.73 bits per heavy atom. The first-order chi connectivity index (χ1) is 14.3. The normalized spacial score (nSPS) is 11.8. The summed E-state index contributed by atoms with van der Waals surface area (Å²) in [6, 6.07) is 14.1. The third-order valence-electron chi connectivity index (χ3n) is 5.10. The van der Waals surface area contributed by atoms with Gasteiger partial charge in [-0.15, -0.1) is 0 Å². The molecule has 5 nitrogen and oxygen atoms in total. The fourth-order valence-corrected chi connectivity index (χ4v) is 3.75. The Kier molecular flexibility index (Phi) is 6.63.